The SMILES string of the molecule is Cc1ccc([C@@H]2OCCC[C@H]2CNC(=O)CCc2cnn(C)c2)cc1. The monoisotopic (exact) mass is 341 g/mol. The van der Waals surface area contributed by atoms with Gasteiger partial charge in [-0.25, -0.2) is 0 Å². The summed E-state index contributed by atoms with van der Waals surface area (Å²) in [6.07, 6.45) is 7.20. The summed E-state index contributed by atoms with van der Waals surface area (Å²) in [6, 6.07) is 8.53. The van der Waals surface area contributed by atoms with Crippen LogP contribution in [0.5, 0.6) is 0 Å². The molecule has 25 heavy (non-hydrogen) atoms. The second-order valence-corrected chi connectivity index (χ2v) is 6.93. The largest absolute Gasteiger partial charge is 0.373 e. The number of nitrogens with one attached hydrogen (secondary N) is 1. The minimum absolute atomic E-state index is 0.0768. The van der Waals surface area contributed by atoms with Crippen molar-refractivity contribution in [3.8, 4) is 0 Å². The van der Waals surface area contributed by atoms with Crippen molar-refractivity contribution in [2.24, 2.45) is 13.0 Å². The van der Waals surface area contributed by atoms with Gasteiger partial charge in [0.15, 0.2) is 0 Å². The molecule has 1 aromatic heterocycles. The highest BCUT2D eigenvalue weighted by atomic mass is 16.5. The molecule has 5 nitrogen and oxygen atoms in total. The fourth-order valence-electron chi connectivity index (χ4n) is 3.37. The minimum Gasteiger partial charge on any atom is -0.373 e. The summed E-state index contributed by atoms with van der Waals surface area (Å²) in [4.78, 5) is 12.2. The summed E-state index contributed by atoms with van der Waals surface area (Å²) >= 11 is 0. The fraction of sp³-hybridized carbons (Fsp3) is 0.500. The van der Waals surface area contributed by atoms with Crippen molar-refractivity contribution >= 4 is 5.91 Å². The predicted octanol–water partition coefficient (Wildman–Crippen LogP) is 2.95. The Bertz CT molecular complexity index is 693. The normalized spacial score (nSPS) is 20.4. The third kappa shape index (κ3) is 4.92. The molecular formula is C20H27N3O2. The maximum absolute atomic E-state index is 12.2. The van der Waals surface area contributed by atoms with E-state index in [1.807, 2.05) is 19.4 Å². The van der Waals surface area contributed by atoms with E-state index in [9.17, 15) is 4.79 Å². The summed E-state index contributed by atoms with van der Waals surface area (Å²) < 4.78 is 7.78. The lowest BCUT2D eigenvalue weighted by Gasteiger charge is -2.32. The number of hydrogen-bond acceptors (Lipinski definition) is 3. The first-order valence-electron chi connectivity index (χ1n) is 9.04. The van der Waals surface area contributed by atoms with Gasteiger partial charge in [-0.3, -0.25) is 9.48 Å². The molecule has 1 amide bonds. The maximum Gasteiger partial charge on any atom is 0.220 e. The van der Waals surface area contributed by atoms with Crippen molar-refractivity contribution in [3.05, 3.63) is 53.3 Å². The molecule has 0 radical (unpaired) electrons. The summed E-state index contributed by atoms with van der Waals surface area (Å²) in [5, 5.41) is 7.23. The molecule has 134 valence electrons. The lowest BCUT2D eigenvalue weighted by Crippen LogP contribution is -2.35. The van der Waals surface area contributed by atoms with Crippen LogP contribution in [0.4, 0.5) is 0 Å². The number of hydrogen-bond donors (Lipinski definition) is 1. The van der Waals surface area contributed by atoms with E-state index in [4.69, 9.17) is 4.74 Å². The number of nitrogens with zero attached hydrogens (tertiary/aromatic N) is 2. The first-order valence-corrected chi connectivity index (χ1v) is 9.04. The van der Waals surface area contributed by atoms with E-state index < -0.39 is 0 Å². The third-order valence-corrected chi connectivity index (χ3v) is 4.81. The highest BCUT2D eigenvalue weighted by Gasteiger charge is 2.27. The zero-order chi connectivity index (χ0) is 17.6. The lowest BCUT2D eigenvalue weighted by molar-refractivity contribution is -0.121. The van der Waals surface area contributed by atoms with Crippen molar-refractivity contribution in [2.45, 2.75) is 38.7 Å². The fourth-order valence-corrected chi connectivity index (χ4v) is 3.37. The molecule has 0 aliphatic carbocycles. The molecule has 1 aromatic carbocycles. The van der Waals surface area contributed by atoms with Crippen LogP contribution in [0, 0.1) is 12.8 Å². The molecule has 2 heterocycles. The first kappa shape index (κ1) is 17.7. The zero-order valence-corrected chi connectivity index (χ0v) is 15.1. The Balaban J connectivity index is 1.51. The van der Waals surface area contributed by atoms with Crippen LogP contribution in [-0.4, -0.2) is 28.8 Å². The van der Waals surface area contributed by atoms with Crippen molar-refractivity contribution < 1.29 is 9.53 Å². The second-order valence-electron chi connectivity index (χ2n) is 6.93. The Labute approximate surface area is 149 Å². The third-order valence-electron chi connectivity index (χ3n) is 4.81. The van der Waals surface area contributed by atoms with Crippen molar-refractivity contribution in [2.75, 3.05) is 13.2 Å². The number of carbonyl (C=O) groups is 1. The average Bonchev–Trinajstić information content (AvgIpc) is 3.04. The van der Waals surface area contributed by atoms with Gasteiger partial charge in [0.05, 0.1) is 12.3 Å². The van der Waals surface area contributed by atoms with E-state index >= 15 is 0 Å². The van der Waals surface area contributed by atoms with Gasteiger partial charge in [0.25, 0.3) is 0 Å². The van der Waals surface area contributed by atoms with Crippen LogP contribution in [0.25, 0.3) is 0 Å². The molecule has 1 N–H and O–H groups in total. The number of rotatable bonds is 6. The Morgan fingerprint density at radius 2 is 2.16 bits per heavy atom. The van der Waals surface area contributed by atoms with Crippen molar-refractivity contribution in [1.82, 2.24) is 15.1 Å². The molecule has 1 aliphatic rings. The van der Waals surface area contributed by atoms with Crippen LogP contribution >= 0.6 is 0 Å². The molecule has 1 aliphatic heterocycles. The predicted molar refractivity (Wildman–Crippen MR) is 97.1 cm³/mol. The number of ether oxygens (including phenoxy) is 1. The number of benzene rings is 1. The molecule has 3 rings (SSSR count). The molecule has 0 unspecified atom stereocenters. The van der Waals surface area contributed by atoms with Crippen molar-refractivity contribution in [1.29, 1.82) is 0 Å². The van der Waals surface area contributed by atoms with E-state index in [2.05, 4.69) is 41.6 Å². The Hall–Kier alpha value is -2.14. The molecule has 1 saturated heterocycles. The zero-order valence-electron chi connectivity index (χ0n) is 15.1. The van der Waals surface area contributed by atoms with E-state index in [1.54, 1.807) is 4.68 Å². The summed E-state index contributed by atoms with van der Waals surface area (Å²) in [5.74, 6) is 0.427. The van der Waals surface area contributed by atoms with Gasteiger partial charge in [0.2, 0.25) is 5.91 Å². The summed E-state index contributed by atoms with van der Waals surface area (Å²) in [7, 11) is 1.89. The molecule has 0 spiro atoms. The van der Waals surface area contributed by atoms with E-state index in [-0.39, 0.29) is 12.0 Å². The minimum atomic E-state index is 0.0768. The first-order chi connectivity index (χ1) is 12.1. The van der Waals surface area contributed by atoms with Gasteiger partial charge < -0.3 is 10.1 Å². The molecule has 0 bridgehead atoms. The van der Waals surface area contributed by atoms with Crippen LogP contribution in [0.15, 0.2) is 36.7 Å². The van der Waals surface area contributed by atoms with Gasteiger partial charge in [-0.1, -0.05) is 29.8 Å². The standard InChI is InChI=1S/C20H27N3O2/c1-15-5-8-17(9-6-15)20-18(4-3-11-25-20)13-21-19(24)10-7-16-12-22-23(2)14-16/h5-6,8-9,12,14,18,20H,3-4,7,10-11,13H2,1-2H3,(H,21,24)/t18-,20-/m0/s1. The Morgan fingerprint density at radius 3 is 2.88 bits per heavy atom. The molecule has 1 fully saturated rings. The molecule has 2 atom stereocenters. The van der Waals surface area contributed by atoms with E-state index in [0.717, 1.165) is 31.4 Å². The quantitative estimate of drug-likeness (QED) is 0.879. The van der Waals surface area contributed by atoms with Gasteiger partial charge in [-0.2, -0.15) is 5.10 Å². The molecule has 2 aromatic rings. The van der Waals surface area contributed by atoms with Crippen LogP contribution in [-0.2, 0) is 23.0 Å². The maximum atomic E-state index is 12.2. The molecule has 5 heteroatoms. The molecule has 0 saturated carbocycles. The van der Waals surface area contributed by atoms with Crippen LogP contribution in [0.2, 0.25) is 0 Å². The Kier molecular flexibility index (Phi) is 5.87. The lowest BCUT2D eigenvalue weighted by atomic mass is 9.89. The van der Waals surface area contributed by atoms with Crippen LogP contribution in [0.1, 0.15) is 42.1 Å². The van der Waals surface area contributed by atoms with Gasteiger partial charge in [0.1, 0.15) is 0 Å². The van der Waals surface area contributed by atoms with Crippen molar-refractivity contribution in [3.63, 3.8) is 0 Å². The number of aromatic nitrogens is 2. The number of carbonyl (C=O) groups excluding carboxylic acids is 1. The smallest absolute Gasteiger partial charge is 0.220 e. The summed E-state index contributed by atoms with van der Waals surface area (Å²) in [6.45, 7) is 3.56. The van der Waals surface area contributed by atoms with Gasteiger partial charge in [-0.05, 0) is 37.3 Å². The average molecular weight is 341 g/mol. The van der Waals surface area contributed by atoms with Gasteiger partial charge >= 0.3 is 0 Å². The number of amides is 1. The highest BCUT2D eigenvalue weighted by Crippen LogP contribution is 2.33. The van der Waals surface area contributed by atoms with Crippen LogP contribution in [0.3, 0.4) is 0 Å². The highest BCUT2D eigenvalue weighted by molar-refractivity contribution is 5.76. The van der Waals surface area contributed by atoms with E-state index in [1.165, 1.54) is 11.1 Å². The van der Waals surface area contributed by atoms with E-state index in [0.29, 0.717) is 18.9 Å². The summed E-state index contributed by atoms with van der Waals surface area (Å²) in [5.41, 5.74) is 3.55. The number of aryl methyl sites for hydroxylation is 3. The Morgan fingerprint density at radius 1 is 1.36 bits per heavy atom. The topological polar surface area (TPSA) is 56.1 Å². The molecular weight excluding hydrogens is 314 g/mol. The van der Waals surface area contributed by atoms with Crippen LogP contribution < -0.4 is 5.32 Å². The van der Waals surface area contributed by atoms with Gasteiger partial charge in [-0.15, -0.1) is 0 Å². The van der Waals surface area contributed by atoms with Gasteiger partial charge in [0, 0.05) is 38.7 Å². The second kappa shape index (κ2) is 8.30.